The van der Waals surface area contributed by atoms with Crippen molar-refractivity contribution in [3.05, 3.63) is 11.6 Å². The molecular weight excluding hydrogens is 218 g/mol. The van der Waals surface area contributed by atoms with Crippen LogP contribution in [0, 0.1) is 11.3 Å². The van der Waals surface area contributed by atoms with Crippen molar-refractivity contribution in [3.63, 3.8) is 0 Å². The molecule has 0 saturated heterocycles. The molecule has 18 heavy (non-hydrogen) atoms. The van der Waals surface area contributed by atoms with Gasteiger partial charge < -0.3 is 5.32 Å². The number of likely N-dealkylation sites (N-methyl/N-ethyl adjacent to an activating group) is 1. The molecule has 1 aliphatic rings. The van der Waals surface area contributed by atoms with Crippen LogP contribution >= 0.6 is 0 Å². The van der Waals surface area contributed by atoms with E-state index < -0.39 is 0 Å². The van der Waals surface area contributed by atoms with Crippen molar-refractivity contribution in [2.75, 3.05) is 6.54 Å². The first-order chi connectivity index (χ1) is 8.42. The molecule has 0 aliphatic heterocycles. The van der Waals surface area contributed by atoms with Gasteiger partial charge in [0.1, 0.15) is 0 Å². The van der Waals surface area contributed by atoms with E-state index in [0.29, 0.717) is 11.5 Å². The van der Waals surface area contributed by atoms with Gasteiger partial charge in [-0.1, -0.05) is 46.3 Å². The molecule has 1 nitrogen and oxygen atoms in total. The zero-order chi connectivity index (χ0) is 13.6. The van der Waals surface area contributed by atoms with Crippen molar-refractivity contribution in [2.45, 2.75) is 79.2 Å². The molecule has 0 aromatic rings. The normalized spacial score (nSPS) is 20.4. The van der Waals surface area contributed by atoms with Gasteiger partial charge in [-0.25, -0.2) is 0 Å². The molecule has 1 rings (SSSR count). The smallest absolute Gasteiger partial charge is 0.0281 e. The summed E-state index contributed by atoms with van der Waals surface area (Å²) in [7, 11) is 0. The highest BCUT2D eigenvalue weighted by Gasteiger charge is 2.21. The third kappa shape index (κ3) is 6.04. The lowest BCUT2D eigenvalue weighted by Crippen LogP contribution is -2.33. The van der Waals surface area contributed by atoms with Crippen LogP contribution < -0.4 is 5.32 Å². The first-order valence-electron chi connectivity index (χ1n) is 7.84. The van der Waals surface area contributed by atoms with Crippen molar-refractivity contribution < 1.29 is 0 Å². The third-order valence-corrected chi connectivity index (χ3v) is 3.82. The Morgan fingerprint density at radius 3 is 2.50 bits per heavy atom. The molecule has 1 heteroatoms. The quantitative estimate of drug-likeness (QED) is 0.660. The topological polar surface area (TPSA) is 12.0 Å². The molecule has 0 fully saturated rings. The summed E-state index contributed by atoms with van der Waals surface area (Å²) in [4.78, 5) is 0. The highest BCUT2D eigenvalue weighted by atomic mass is 14.9. The molecule has 1 aliphatic carbocycles. The van der Waals surface area contributed by atoms with E-state index in [4.69, 9.17) is 0 Å². The molecular formula is C17H33N. The van der Waals surface area contributed by atoms with Gasteiger partial charge in [0, 0.05) is 6.04 Å². The van der Waals surface area contributed by atoms with E-state index in [1.807, 2.05) is 0 Å². The summed E-state index contributed by atoms with van der Waals surface area (Å²) >= 11 is 0. The molecule has 0 saturated carbocycles. The maximum Gasteiger partial charge on any atom is 0.0281 e. The van der Waals surface area contributed by atoms with Crippen LogP contribution in [-0.4, -0.2) is 12.6 Å². The minimum atomic E-state index is 0.455. The summed E-state index contributed by atoms with van der Waals surface area (Å²) in [5.74, 6) is 0.803. The van der Waals surface area contributed by atoms with Crippen molar-refractivity contribution in [1.29, 1.82) is 0 Å². The van der Waals surface area contributed by atoms with Crippen molar-refractivity contribution in [1.82, 2.24) is 5.32 Å². The molecule has 0 radical (unpaired) electrons. The second kappa shape index (κ2) is 7.33. The Bertz CT molecular complexity index is 259. The van der Waals surface area contributed by atoms with E-state index in [0.717, 1.165) is 12.5 Å². The zero-order valence-corrected chi connectivity index (χ0v) is 13.2. The van der Waals surface area contributed by atoms with Crippen LogP contribution in [0.1, 0.15) is 73.1 Å². The van der Waals surface area contributed by atoms with E-state index >= 15 is 0 Å². The highest BCUT2D eigenvalue weighted by molar-refractivity contribution is 5.13. The molecule has 0 amide bonds. The number of hydrogen-bond donors (Lipinski definition) is 1. The molecule has 2 atom stereocenters. The van der Waals surface area contributed by atoms with Crippen LogP contribution in [0.4, 0.5) is 0 Å². The standard InChI is InChI=1S/C17H33N/c1-6-18-16(15-10-8-7-9-11-15)12-14(2)13-17(3,4)5/h10,14,16,18H,6-9,11-13H2,1-5H3. The molecule has 2 unspecified atom stereocenters. The first kappa shape index (κ1) is 15.8. The summed E-state index contributed by atoms with van der Waals surface area (Å²) in [5, 5.41) is 3.70. The first-order valence-corrected chi connectivity index (χ1v) is 7.84. The molecule has 0 heterocycles. The van der Waals surface area contributed by atoms with Crippen molar-refractivity contribution in [3.8, 4) is 0 Å². The van der Waals surface area contributed by atoms with Crippen LogP contribution in [0.2, 0.25) is 0 Å². The molecule has 0 bridgehead atoms. The summed E-state index contributed by atoms with van der Waals surface area (Å²) in [6.07, 6.45) is 10.5. The maximum atomic E-state index is 3.70. The van der Waals surface area contributed by atoms with E-state index in [1.54, 1.807) is 5.57 Å². The van der Waals surface area contributed by atoms with Gasteiger partial charge in [0.05, 0.1) is 0 Å². The van der Waals surface area contributed by atoms with Crippen molar-refractivity contribution >= 4 is 0 Å². The Kier molecular flexibility index (Phi) is 6.42. The Morgan fingerprint density at radius 1 is 1.28 bits per heavy atom. The number of hydrogen-bond acceptors (Lipinski definition) is 1. The lowest BCUT2D eigenvalue weighted by atomic mass is 9.81. The Morgan fingerprint density at radius 2 is 2.00 bits per heavy atom. The van der Waals surface area contributed by atoms with E-state index in [9.17, 15) is 0 Å². The lowest BCUT2D eigenvalue weighted by Gasteiger charge is -2.29. The molecule has 0 spiro atoms. The molecule has 1 N–H and O–H groups in total. The van der Waals surface area contributed by atoms with E-state index in [2.05, 4.69) is 46.0 Å². The van der Waals surface area contributed by atoms with Gasteiger partial charge in [-0.05, 0) is 56.4 Å². The van der Waals surface area contributed by atoms with Gasteiger partial charge in [-0.2, -0.15) is 0 Å². The fraction of sp³-hybridized carbons (Fsp3) is 0.882. The minimum Gasteiger partial charge on any atom is -0.311 e. The van der Waals surface area contributed by atoms with Gasteiger partial charge in [0.15, 0.2) is 0 Å². The van der Waals surface area contributed by atoms with Crippen LogP contribution in [-0.2, 0) is 0 Å². The van der Waals surface area contributed by atoms with Gasteiger partial charge in [0.25, 0.3) is 0 Å². The predicted octanol–water partition coefficient (Wildman–Crippen LogP) is 4.93. The van der Waals surface area contributed by atoms with Crippen LogP contribution in [0.3, 0.4) is 0 Å². The average Bonchev–Trinajstić information content (AvgIpc) is 2.27. The molecule has 0 aromatic heterocycles. The summed E-state index contributed by atoms with van der Waals surface area (Å²) in [5.41, 5.74) is 2.14. The Balaban J connectivity index is 2.54. The van der Waals surface area contributed by atoms with Gasteiger partial charge in [-0.15, -0.1) is 0 Å². The monoisotopic (exact) mass is 251 g/mol. The van der Waals surface area contributed by atoms with E-state index in [-0.39, 0.29) is 0 Å². The van der Waals surface area contributed by atoms with Gasteiger partial charge in [-0.3, -0.25) is 0 Å². The maximum absolute atomic E-state index is 3.70. The van der Waals surface area contributed by atoms with E-state index in [1.165, 1.54) is 38.5 Å². The number of allylic oxidation sites excluding steroid dienone is 1. The fourth-order valence-electron chi connectivity index (χ4n) is 3.32. The summed E-state index contributed by atoms with van der Waals surface area (Å²) in [6, 6.07) is 0.632. The summed E-state index contributed by atoms with van der Waals surface area (Å²) < 4.78 is 0. The second-order valence-electron chi connectivity index (χ2n) is 7.24. The minimum absolute atomic E-state index is 0.455. The fourth-order valence-corrected chi connectivity index (χ4v) is 3.32. The number of nitrogens with one attached hydrogen (secondary N) is 1. The van der Waals surface area contributed by atoms with Gasteiger partial charge >= 0.3 is 0 Å². The Labute approximate surface area is 114 Å². The zero-order valence-electron chi connectivity index (χ0n) is 13.2. The summed E-state index contributed by atoms with van der Waals surface area (Å²) in [6.45, 7) is 12.8. The van der Waals surface area contributed by atoms with Crippen LogP contribution in [0.25, 0.3) is 0 Å². The predicted molar refractivity (Wildman–Crippen MR) is 81.9 cm³/mol. The highest BCUT2D eigenvalue weighted by Crippen LogP contribution is 2.30. The lowest BCUT2D eigenvalue weighted by molar-refractivity contribution is 0.281. The second-order valence-corrected chi connectivity index (χ2v) is 7.24. The van der Waals surface area contributed by atoms with Crippen LogP contribution in [0.15, 0.2) is 11.6 Å². The average molecular weight is 251 g/mol. The molecule has 106 valence electrons. The van der Waals surface area contributed by atoms with Crippen molar-refractivity contribution in [2.24, 2.45) is 11.3 Å². The Hall–Kier alpha value is -0.300. The number of rotatable bonds is 6. The van der Waals surface area contributed by atoms with Crippen LogP contribution in [0.5, 0.6) is 0 Å². The van der Waals surface area contributed by atoms with Gasteiger partial charge in [0.2, 0.25) is 0 Å². The third-order valence-electron chi connectivity index (χ3n) is 3.82. The SMILES string of the molecule is CCNC(CC(C)CC(C)(C)C)C1=CCCCC1. The largest absolute Gasteiger partial charge is 0.311 e. The molecule has 0 aromatic carbocycles.